The topological polar surface area (TPSA) is 37.3 Å². The number of rotatable bonds is 8. The minimum atomic E-state index is -0.672. The number of unbranched alkanes of at least 4 members (excludes halogenated alkanes) is 5. The van der Waals surface area contributed by atoms with E-state index in [0.29, 0.717) is 6.42 Å². The summed E-state index contributed by atoms with van der Waals surface area (Å²) in [6.45, 7) is 2.03. The zero-order valence-electron chi connectivity index (χ0n) is 8.46. The molecule has 0 aliphatic rings. The number of hydrogen-bond donors (Lipinski definition) is 1. The van der Waals surface area contributed by atoms with E-state index in [1.54, 1.807) is 0 Å². The predicted molar refractivity (Wildman–Crippen MR) is 61.9 cm³/mol. The van der Waals surface area contributed by atoms with Crippen LogP contribution in [-0.4, -0.2) is 62.5 Å². The summed E-state index contributed by atoms with van der Waals surface area (Å²) in [5, 5.41) is 8.38. The van der Waals surface area contributed by atoms with Gasteiger partial charge in [0.2, 0.25) is 0 Å². The van der Waals surface area contributed by atoms with Gasteiger partial charge in [0.15, 0.2) is 0 Å². The van der Waals surface area contributed by atoms with Crippen LogP contribution in [0.5, 0.6) is 0 Å². The molecule has 0 aliphatic carbocycles. The molecule has 0 saturated carbocycles. The van der Waals surface area contributed by atoms with Crippen molar-refractivity contribution in [1.82, 2.24) is 0 Å². The molecule has 0 unspecified atom stereocenters. The third-order valence-electron chi connectivity index (χ3n) is 2.00. The molecule has 0 atom stereocenters. The summed E-state index contributed by atoms with van der Waals surface area (Å²) in [7, 11) is 0. The van der Waals surface area contributed by atoms with Gasteiger partial charge in [-0.1, -0.05) is 31.4 Å². The van der Waals surface area contributed by atoms with Crippen molar-refractivity contribution in [3.63, 3.8) is 0 Å². The van der Waals surface area contributed by atoms with Crippen molar-refractivity contribution < 1.29 is 9.90 Å². The van der Waals surface area contributed by atoms with Crippen LogP contribution in [0, 0.1) is 0 Å². The van der Waals surface area contributed by atoms with Crippen molar-refractivity contribution in [3.05, 3.63) is 12.2 Å². The van der Waals surface area contributed by atoms with Crippen LogP contribution in [0.25, 0.3) is 0 Å². The Balaban J connectivity index is 0. The summed E-state index contributed by atoms with van der Waals surface area (Å²) in [4.78, 5) is 10.2. The zero-order chi connectivity index (χ0) is 9.94. The standard InChI is InChI=1S/C11H20O2.K.H/c1-2-3-4-5-6-7-8-9-10-11(12)13;;/h2-3H,4-10H2,1H3,(H,12,13);;. The second-order valence-electron chi connectivity index (χ2n) is 3.27. The molecule has 0 heterocycles. The van der Waals surface area contributed by atoms with E-state index in [4.69, 9.17) is 5.11 Å². The molecule has 0 radical (unpaired) electrons. The fraction of sp³-hybridized carbons (Fsp3) is 0.727. The van der Waals surface area contributed by atoms with Crippen molar-refractivity contribution in [2.24, 2.45) is 0 Å². The van der Waals surface area contributed by atoms with Crippen LogP contribution in [0.4, 0.5) is 0 Å². The molecule has 0 aromatic rings. The van der Waals surface area contributed by atoms with E-state index in [1.165, 1.54) is 19.3 Å². The van der Waals surface area contributed by atoms with E-state index in [9.17, 15) is 4.79 Å². The summed E-state index contributed by atoms with van der Waals surface area (Å²) >= 11 is 0. The van der Waals surface area contributed by atoms with Crippen molar-refractivity contribution in [3.8, 4) is 0 Å². The van der Waals surface area contributed by atoms with Gasteiger partial charge in [-0.25, -0.2) is 0 Å². The van der Waals surface area contributed by atoms with Gasteiger partial charge in [0.1, 0.15) is 0 Å². The van der Waals surface area contributed by atoms with Crippen LogP contribution in [0.2, 0.25) is 0 Å². The Kier molecular flexibility index (Phi) is 17.1. The van der Waals surface area contributed by atoms with E-state index in [-0.39, 0.29) is 51.4 Å². The first kappa shape index (κ1) is 17.2. The van der Waals surface area contributed by atoms with E-state index < -0.39 is 5.97 Å². The van der Waals surface area contributed by atoms with Crippen LogP contribution in [-0.2, 0) is 4.79 Å². The maximum absolute atomic E-state index is 10.2. The van der Waals surface area contributed by atoms with E-state index >= 15 is 0 Å². The van der Waals surface area contributed by atoms with Gasteiger partial charge in [0, 0.05) is 6.42 Å². The SMILES string of the molecule is CC=CCCCCCCCC(=O)O.[KH]. The number of carboxylic acids is 1. The average Bonchev–Trinajstić information content (AvgIpc) is 2.09. The molecule has 0 aromatic carbocycles. The number of hydrogen-bond acceptors (Lipinski definition) is 1. The molecule has 0 fully saturated rings. The summed E-state index contributed by atoms with van der Waals surface area (Å²) in [5.41, 5.74) is 0. The Labute approximate surface area is 130 Å². The molecule has 0 rings (SSSR count). The predicted octanol–water partition coefficient (Wildman–Crippen LogP) is 2.73. The summed E-state index contributed by atoms with van der Waals surface area (Å²) < 4.78 is 0. The quantitative estimate of drug-likeness (QED) is 0.391. The summed E-state index contributed by atoms with van der Waals surface area (Å²) in [6.07, 6.45) is 11.3. The van der Waals surface area contributed by atoms with Crippen molar-refractivity contribution in [2.75, 3.05) is 0 Å². The third kappa shape index (κ3) is 15.3. The van der Waals surface area contributed by atoms with Gasteiger partial charge < -0.3 is 5.11 Å². The monoisotopic (exact) mass is 224 g/mol. The van der Waals surface area contributed by atoms with E-state index in [2.05, 4.69) is 12.2 Å². The van der Waals surface area contributed by atoms with Gasteiger partial charge in [-0.05, 0) is 26.2 Å². The van der Waals surface area contributed by atoms with Gasteiger partial charge in [0.05, 0.1) is 0 Å². The normalized spacial score (nSPS) is 10.1. The first-order chi connectivity index (χ1) is 6.27. The Bertz CT molecular complexity index is 155. The molecule has 78 valence electrons. The molecule has 2 nitrogen and oxygen atoms in total. The molecule has 0 aromatic heterocycles. The first-order valence-electron chi connectivity index (χ1n) is 5.10. The van der Waals surface area contributed by atoms with Crippen LogP contribution in [0.15, 0.2) is 12.2 Å². The molecule has 0 spiro atoms. The Morgan fingerprint density at radius 2 is 1.71 bits per heavy atom. The maximum atomic E-state index is 10.2. The summed E-state index contributed by atoms with van der Waals surface area (Å²) in [5.74, 6) is -0.672. The zero-order valence-corrected chi connectivity index (χ0v) is 8.46. The van der Waals surface area contributed by atoms with Crippen molar-refractivity contribution in [1.29, 1.82) is 0 Å². The number of carboxylic acid groups (broad SMARTS) is 1. The van der Waals surface area contributed by atoms with E-state index in [0.717, 1.165) is 19.3 Å². The molecular weight excluding hydrogens is 203 g/mol. The number of carbonyl (C=O) groups is 1. The first-order valence-corrected chi connectivity index (χ1v) is 5.10. The third-order valence-corrected chi connectivity index (χ3v) is 2.00. The molecule has 14 heavy (non-hydrogen) atoms. The molecule has 0 bridgehead atoms. The van der Waals surface area contributed by atoms with Crippen LogP contribution >= 0.6 is 0 Å². The van der Waals surface area contributed by atoms with E-state index in [1.807, 2.05) is 6.92 Å². The Morgan fingerprint density at radius 1 is 1.14 bits per heavy atom. The molecule has 0 amide bonds. The van der Waals surface area contributed by atoms with Gasteiger partial charge in [-0.2, -0.15) is 0 Å². The Morgan fingerprint density at radius 3 is 2.29 bits per heavy atom. The van der Waals surface area contributed by atoms with Crippen molar-refractivity contribution >= 4 is 57.4 Å². The summed E-state index contributed by atoms with van der Waals surface area (Å²) in [6, 6.07) is 0. The van der Waals surface area contributed by atoms with Crippen molar-refractivity contribution in [2.45, 2.75) is 51.9 Å². The fourth-order valence-electron chi connectivity index (χ4n) is 1.24. The van der Waals surface area contributed by atoms with Gasteiger partial charge in [-0.3, -0.25) is 4.79 Å². The second kappa shape index (κ2) is 13.8. The van der Waals surface area contributed by atoms with Gasteiger partial charge >= 0.3 is 57.4 Å². The molecule has 3 heteroatoms. The molecule has 0 aliphatic heterocycles. The van der Waals surface area contributed by atoms with Crippen LogP contribution in [0.1, 0.15) is 51.9 Å². The average molecular weight is 224 g/mol. The Hall–Kier alpha value is 0.846. The minimum absolute atomic E-state index is 0. The van der Waals surface area contributed by atoms with Gasteiger partial charge in [-0.15, -0.1) is 0 Å². The van der Waals surface area contributed by atoms with Crippen LogP contribution < -0.4 is 0 Å². The number of allylic oxidation sites excluding steroid dienone is 2. The molecule has 0 saturated heterocycles. The number of aliphatic carboxylic acids is 1. The van der Waals surface area contributed by atoms with Gasteiger partial charge in [0.25, 0.3) is 0 Å². The van der Waals surface area contributed by atoms with Crippen LogP contribution in [0.3, 0.4) is 0 Å². The molecular formula is C11H21KO2. The fourth-order valence-corrected chi connectivity index (χ4v) is 1.24. The second-order valence-corrected chi connectivity index (χ2v) is 3.27. The molecule has 1 N–H and O–H groups in total.